The first-order valence-electron chi connectivity index (χ1n) is 12.9. The molecule has 6 rings (SSSR count). The van der Waals surface area contributed by atoms with E-state index in [0.717, 1.165) is 59.8 Å². The van der Waals surface area contributed by atoms with Crippen LogP contribution in [-0.2, 0) is 0 Å². The van der Waals surface area contributed by atoms with Crippen molar-refractivity contribution in [3.8, 4) is 22.5 Å². The van der Waals surface area contributed by atoms with E-state index in [1.165, 1.54) is 19.4 Å². The molecule has 2 N–H and O–H groups in total. The second kappa shape index (κ2) is 9.74. The Kier molecular flexibility index (Phi) is 6.15. The summed E-state index contributed by atoms with van der Waals surface area (Å²) in [7, 11) is 2.21. The Morgan fingerprint density at radius 1 is 1.03 bits per heavy atom. The molecule has 1 amide bonds. The second-order valence-corrected chi connectivity index (χ2v) is 10.00. The minimum Gasteiger partial charge on any atom is -0.367 e. The summed E-state index contributed by atoms with van der Waals surface area (Å²) in [4.78, 5) is 24.6. The van der Waals surface area contributed by atoms with Gasteiger partial charge in [0.2, 0.25) is 0 Å². The Bertz CT molecular complexity index is 1360. The van der Waals surface area contributed by atoms with Crippen LogP contribution in [0.15, 0.2) is 67.0 Å². The molecule has 1 unspecified atom stereocenters. The van der Waals surface area contributed by atoms with Gasteiger partial charge in [-0.3, -0.25) is 9.20 Å². The summed E-state index contributed by atoms with van der Waals surface area (Å²) < 4.78 is 2.11. The molecular formula is C29H32N6O. The molecule has 1 saturated carbocycles. The average Bonchev–Trinajstić information content (AvgIpc) is 3.47. The molecule has 4 aromatic rings. The van der Waals surface area contributed by atoms with E-state index in [9.17, 15) is 4.79 Å². The number of carbonyl (C=O) groups is 1. The zero-order valence-electron chi connectivity index (χ0n) is 20.7. The molecule has 7 heteroatoms. The van der Waals surface area contributed by atoms with Crippen LogP contribution in [0, 0.1) is 0 Å². The van der Waals surface area contributed by atoms with Crippen LogP contribution in [0.1, 0.15) is 42.5 Å². The van der Waals surface area contributed by atoms with Crippen LogP contribution in [-0.4, -0.2) is 57.4 Å². The number of aromatic nitrogens is 3. The highest BCUT2D eigenvalue weighted by molar-refractivity contribution is 5.95. The lowest BCUT2D eigenvalue weighted by atomic mass is 10.1. The van der Waals surface area contributed by atoms with Crippen LogP contribution < -0.4 is 10.6 Å². The van der Waals surface area contributed by atoms with Crippen LogP contribution in [0.2, 0.25) is 0 Å². The predicted molar refractivity (Wildman–Crippen MR) is 143 cm³/mol. The van der Waals surface area contributed by atoms with Gasteiger partial charge in [0.1, 0.15) is 0 Å². The van der Waals surface area contributed by atoms with Gasteiger partial charge >= 0.3 is 0 Å². The first-order chi connectivity index (χ1) is 17.7. The minimum atomic E-state index is -0.00264. The molecule has 2 aliphatic rings. The molecule has 0 bridgehead atoms. The zero-order chi connectivity index (χ0) is 24.5. The topological polar surface area (TPSA) is 74.6 Å². The van der Waals surface area contributed by atoms with Crippen molar-refractivity contribution in [2.45, 2.75) is 44.2 Å². The Morgan fingerprint density at radius 2 is 1.83 bits per heavy atom. The summed E-state index contributed by atoms with van der Waals surface area (Å²) >= 11 is 0. The van der Waals surface area contributed by atoms with Crippen LogP contribution >= 0.6 is 0 Å². The van der Waals surface area contributed by atoms with Crippen molar-refractivity contribution in [1.29, 1.82) is 0 Å². The van der Waals surface area contributed by atoms with E-state index in [1.54, 1.807) is 0 Å². The Labute approximate surface area is 211 Å². The number of nitrogens with zero attached hydrogens (tertiary/aromatic N) is 4. The number of amides is 1. The zero-order valence-corrected chi connectivity index (χ0v) is 20.7. The summed E-state index contributed by atoms with van der Waals surface area (Å²) in [5, 5.41) is 6.64. The van der Waals surface area contributed by atoms with Gasteiger partial charge in [-0.25, -0.2) is 9.97 Å². The van der Waals surface area contributed by atoms with Crippen molar-refractivity contribution < 1.29 is 4.79 Å². The molecule has 2 fully saturated rings. The van der Waals surface area contributed by atoms with Gasteiger partial charge in [0.05, 0.1) is 17.6 Å². The molecule has 0 spiro atoms. The van der Waals surface area contributed by atoms with E-state index < -0.39 is 0 Å². The molecule has 1 saturated heterocycles. The number of carbonyl (C=O) groups excluding carboxylic acids is 1. The molecule has 1 aliphatic heterocycles. The van der Waals surface area contributed by atoms with Crippen molar-refractivity contribution in [3.63, 3.8) is 0 Å². The smallest absolute Gasteiger partial charge is 0.251 e. The maximum Gasteiger partial charge on any atom is 0.251 e. The van der Waals surface area contributed by atoms with Crippen molar-refractivity contribution in [1.82, 2.24) is 24.6 Å². The van der Waals surface area contributed by atoms with E-state index in [-0.39, 0.29) is 5.91 Å². The van der Waals surface area contributed by atoms with Gasteiger partial charge in [-0.15, -0.1) is 0 Å². The summed E-state index contributed by atoms with van der Waals surface area (Å²) in [5.41, 5.74) is 5.42. The molecule has 1 atom stereocenters. The molecule has 36 heavy (non-hydrogen) atoms. The molecular weight excluding hydrogens is 448 g/mol. The van der Waals surface area contributed by atoms with Gasteiger partial charge in [0.25, 0.3) is 5.91 Å². The maximum atomic E-state index is 12.4. The van der Waals surface area contributed by atoms with Gasteiger partial charge in [-0.05, 0) is 57.8 Å². The maximum absolute atomic E-state index is 12.4. The highest BCUT2D eigenvalue weighted by Crippen LogP contribution is 2.28. The van der Waals surface area contributed by atoms with E-state index >= 15 is 0 Å². The first-order valence-corrected chi connectivity index (χ1v) is 12.9. The third kappa shape index (κ3) is 4.71. The Balaban J connectivity index is 1.31. The molecule has 184 valence electrons. The minimum absolute atomic E-state index is 0.00264. The number of fused-ring (bicyclic) bond motifs is 1. The molecule has 3 heterocycles. The van der Waals surface area contributed by atoms with Gasteiger partial charge in [0.15, 0.2) is 11.5 Å². The molecule has 0 radical (unpaired) electrons. The molecule has 7 nitrogen and oxygen atoms in total. The van der Waals surface area contributed by atoms with E-state index in [1.807, 2.05) is 48.7 Å². The summed E-state index contributed by atoms with van der Waals surface area (Å²) in [6, 6.07) is 19.0. The molecule has 2 aromatic carbocycles. The lowest BCUT2D eigenvalue weighted by Crippen LogP contribution is -2.27. The molecule has 1 aliphatic carbocycles. The molecule has 2 aromatic heterocycles. The SMILES string of the molecule is CN1CCCC1CCNc1nc(-c2ccccc2)cn2c(-c3ccc(C(=O)NC4CC4)cc3)cnc12. The third-order valence-electron chi connectivity index (χ3n) is 7.36. The van der Waals surface area contributed by atoms with Crippen molar-refractivity contribution in [3.05, 3.63) is 72.6 Å². The lowest BCUT2D eigenvalue weighted by Gasteiger charge is -2.19. The Morgan fingerprint density at radius 3 is 2.56 bits per heavy atom. The number of benzene rings is 2. The van der Waals surface area contributed by atoms with Crippen LogP contribution in [0.4, 0.5) is 5.82 Å². The van der Waals surface area contributed by atoms with E-state index in [4.69, 9.17) is 9.97 Å². The number of hydrogen-bond donors (Lipinski definition) is 2. The fourth-order valence-electron chi connectivity index (χ4n) is 5.06. The summed E-state index contributed by atoms with van der Waals surface area (Å²) in [6.07, 6.45) is 9.72. The van der Waals surface area contributed by atoms with E-state index in [0.29, 0.717) is 17.6 Å². The third-order valence-corrected chi connectivity index (χ3v) is 7.36. The fourth-order valence-corrected chi connectivity index (χ4v) is 5.06. The van der Waals surface area contributed by atoms with Gasteiger partial charge in [-0.2, -0.15) is 0 Å². The number of likely N-dealkylation sites (tertiary alicyclic amines) is 1. The van der Waals surface area contributed by atoms with Crippen LogP contribution in [0.25, 0.3) is 28.2 Å². The lowest BCUT2D eigenvalue weighted by molar-refractivity contribution is 0.0951. The number of imidazole rings is 1. The van der Waals surface area contributed by atoms with Crippen molar-refractivity contribution in [2.75, 3.05) is 25.5 Å². The second-order valence-electron chi connectivity index (χ2n) is 10.00. The predicted octanol–water partition coefficient (Wildman–Crippen LogP) is 4.85. The monoisotopic (exact) mass is 480 g/mol. The number of anilines is 1. The Hall–Kier alpha value is -3.71. The largest absolute Gasteiger partial charge is 0.367 e. The van der Waals surface area contributed by atoms with Crippen molar-refractivity contribution in [2.24, 2.45) is 0 Å². The number of rotatable bonds is 8. The van der Waals surface area contributed by atoms with Gasteiger partial charge in [0, 0.05) is 41.5 Å². The van der Waals surface area contributed by atoms with Gasteiger partial charge < -0.3 is 15.5 Å². The number of nitrogens with one attached hydrogen (secondary N) is 2. The van der Waals surface area contributed by atoms with Crippen molar-refractivity contribution >= 4 is 17.4 Å². The fraction of sp³-hybridized carbons (Fsp3) is 0.345. The van der Waals surface area contributed by atoms with E-state index in [2.05, 4.69) is 45.3 Å². The summed E-state index contributed by atoms with van der Waals surface area (Å²) in [6.45, 7) is 2.03. The first kappa shape index (κ1) is 22.7. The normalized spacial score (nSPS) is 18.0. The number of hydrogen-bond acceptors (Lipinski definition) is 5. The summed E-state index contributed by atoms with van der Waals surface area (Å²) in [5.74, 6) is 0.792. The highest BCUT2D eigenvalue weighted by Gasteiger charge is 2.24. The standard InChI is InChI=1S/C29H32N6O/c1-34-17-5-8-24(34)15-16-30-27-28-31-18-26(35(28)19-25(33-27)20-6-3-2-4-7-20)21-9-11-22(12-10-21)29(36)32-23-13-14-23/h2-4,6-7,9-12,18-19,23-24H,5,8,13-17H2,1H3,(H,30,33)(H,32,36). The average molecular weight is 481 g/mol. The van der Waals surface area contributed by atoms with Crippen LogP contribution in [0.3, 0.4) is 0 Å². The van der Waals surface area contributed by atoms with Gasteiger partial charge in [-0.1, -0.05) is 42.5 Å². The quantitative estimate of drug-likeness (QED) is 0.377. The highest BCUT2D eigenvalue weighted by atomic mass is 16.1. The van der Waals surface area contributed by atoms with Crippen LogP contribution in [0.5, 0.6) is 0 Å².